The Hall–Kier alpha value is -0.540. The maximum Gasteiger partial charge on any atom is 0.133 e. The van der Waals surface area contributed by atoms with Crippen molar-refractivity contribution in [1.29, 1.82) is 0 Å². The number of ether oxygens (including phenoxy) is 1. The molecule has 3 heteroatoms. The quantitative estimate of drug-likeness (QED) is 0.904. The summed E-state index contributed by atoms with van der Waals surface area (Å²) in [4.78, 5) is 0. The van der Waals surface area contributed by atoms with Crippen molar-refractivity contribution in [2.75, 3.05) is 13.7 Å². The van der Waals surface area contributed by atoms with E-state index >= 15 is 0 Å². The van der Waals surface area contributed by atoms with Crippen molar-refractivity contribution in [3.63, 3.8) is 0 Å². The molecule has 0 radical (unpaired) electrons. The minimum absolute atomic E-state index is 0.00872. The van der Waals surface area contributed by atoms with Crippen molar-refractivity contribution < 1.29 is 4.74 Å². The van der Waals surface area contributed by atoms with Gasteiger partial charge in [-0.15, -0.1) is 0 Å². The number of nitrogens with two attached hydrogens (primary N) is 1. The smallest absolute Gasteiger partial charge is 0.133 e. The Bertz CT molecular complexity index is 323. The summed E-state index contributed by atoms with van der Waals surface area (Å²) in [7, 11) is 1.66. The monoisotopic (exact) mass is 257 g/mol. The number of benzene rings is 1. The van der Waals surface area contributed by atoms with Gasteiger partial charge < -0.3 is 10.5 Å². The van der Waals surface area contributed by atoms with Gasteiger partial charge in [0.2, 0.25) is 0 Å². The van der Waals surface area contributed by atoms with Gasteiger partial charge >= 0.3 is 0 Å². The fourth-order valence-corrected chi connectivity index (χ4v) is 1.75. The molecule has 1 aromatic rings. The summed E-state index contributed by atoms with van der Waals surface area (Å²) < 4.78 is 6.14. The van der Waals surface area contributed by atoms with E-state index in [0.717, 1.165) is 10.2 Å². The first-order valence-corrected chi connectivity index (χ1v) is 5.34. The van der Waals surface area contributed by atoms with E-state index in [1.807, 2.05) is 6.07 Å². The van der Waals surface area contributed by atoms with Crippen molar-refractivity contribution in [2.24, 2.45) is 5.73 Å². The second-order valence-electron chi connectivity index (χ2n) is 3.94. The normalized spacial score (nSPS) is 11.5. The Morgan fingerprint density at radius 3 is 2.50 bits per heavy atom. The van der Waals surface area contributed by atoms with Crippen LogP contribution in [0.5, 0.6) is 5.75 Å². The van der Waals surface area contributed by atoms with E-state index in [1.54, 1.807) is 7.11 Å². The fourth-order valence-electron chi connectivity index (χ4n) is 1.21. The fraction of sp³-hybridized carbons (Fsp3) is 0.455. The zero-order valence-corrected chi connectivity index (χ0v) is 10.4. The summed E-state index contributed by atoms with van der Waals surface area (Å²) in [6, 6.07) is 6.07. The van der Waals surface area contributed by atoms with E-state index in [0.29, 0.717) is 6.54 Å². The number of hydrogen-bond acceptors (Lipinski definition) is 2. The van der Waals surface area contributed by atoms with Gasteiger partial charge in [0, 0.05) is 12.0 Å². The van der Waals surface area contributed by atoms with Crippen molar-refractivity contribution in [1.82, 2.24) is 0 Å². The molecule has 0 saturated heterocycles. The van der Waals surface area contributed by atoms with Crippen LogP contribution in [0.2, 0.25) is 0 Å². The number of hydrogen-bond donors (Lipinski definition) is 1. The van der Waals surface area contributed by atoms with Gasteiger partial charge in [-0.2, -0.15) is 0 Å². The molecular weight excluding hydrogens is 242 g/mol. The van der Waals surface area contributed by atoms with Gasteiger partial charge in [0.1, 0.15) is 5.75 Å². The van der Waals surface area contributed by atoms with Crippen LogP contribution in [0.4, 0.5) is 0 Å². The lowest BCUT2D eigenvalue weighted by molar-refractivity contribution is 0.411. The standard InChI is InChI=1S/C11H16BrNO/c1-11(2,7-13)8-4-5-10(14-3)9(12)6-8/h4-6H,7,13H2,1-3H3. The van der Waals surface area contributed by atoms with Crippen LogP contribution in [-0.2, 0) is 5.41 Å². The lowest BCUT2D eigenvalue weighted by atomic mass is 9.85. The Kier molecular flexibility index (Phi) is 3.56. The van der Waals surface area contributed by atoms with Crippen LogP contribution in [0.3, 0.4) is 0 Å². The Morgan fingerprint density at radius 2 is 2.07 bits per heavy atom. The van der Waals surface area contributed by atoms with Crippen LogP contribution >= 0.6 is 15.9 Å². The molecule has 0 saturated carbocycles. The maximum atomic E-state index is 5.71. The zero-order chi connectivity index (χ0) is 10.8. The molecule has 0 aliphatic rings. The summed E-state index contributed by atoms with van der Waals surface area (Å²) in [5.74, 6) is 0.849. The lowest BCUT2D eigenvalue weighted by Gasteiger charge is -2.23. The zero-order valence-electron chi connectivity index (χ0n) is 8.80. The summed E-state index contributed by atoms with van der Waals surface area (Å²) in [5.41, 5.74) is 6.94. The maximum absolute atomic E-state index is 5.71. The minimum atomic E-state index is 0.00872. The third-order valence-electron chi connectivity index (χ3n) is 2.44. The Labute approximate surface area is 93.6 Å². The van der Waals surface area contributed by atoms with Gasteiger partial charge in [-0.05, 0) is 33.6 Å². The Balaban J connectivity index is 3.08. The predicted octanol–water partition coefficient (Wildman–Crippen LogP) is 2.69. The van der Waals surface area contributed by atoms with E-state index < -0.39 is 0 Å². The highest BCUT2D eigenvalue weighted by atomic mass is 79.9. The van der Waals surface area contributed by atoms with E-state index in [2.05, 4.69) is 41.9 Å². The molecule has 0 heterocycles. The average molecular weight is 258 g/mol. The van der Waals surface area contributed by atoms with Gasteiger partial charge in [-0.1, -0.05) is 19.9 Å². The topological polar surface area (TPSA) is 35.2 Å². The summed E-state index contributed by atoms with van der Waals surface area (Å²) in [5, 5.41) is 0. The molecule has 0 aliphatic carbocycles. The molecule has 0 aliphatic heterocycles. The molecule has 78 valence electrons. The molecule has 0 atom stereocenters. The molecule has 0 fully saturated rings. The molecule has 0 aromatic heterocycles. The number of methoxy groups -OCH3 is 1. The van der Waals surface area contributed by atoms with E-state index in [9.17, 15) is 0 Å². The molecule has 0 amide bonds. The van der Waals surface area contributed by atoms with Crippen molar-refractivity contribution in [3.05, 3.63) is 28.2 Å². The first kappa shape index (κ1) is 11.5. The summed E-state index contributed by atoms with van der Waals surface area (Å²) in [6.07, 6.45) is 0. The van der Waals surface area contributed by atoms with Crippen molar-refractivity contribution in [3.8, 4) is 5.75 Å². The highest BCUT2D eigenvalue weighted by Crippen LogP contribution is 2.30. The van der Waals surface area contributed by atoms with Crippen LogP contribution in [0, 0.1) is 0 Å². The molecule has 1 rings (SSSR count). The van der Waals surface area contributed by atoms with E-state index in [4.69, 9.17) is 10.5 Å². The second kappa shape index (κ2) is 4.32. The highest BCUT2D eigenvalue weighted by Gasteiger charge is 2.19. The third-order valence-corrected chi connectivity index (χ3v) is 3.06. The van der Waals surface area contributed by atoms with Gasteiger partial charge in [-0.25, -0.2) is 0 Å². The van der Waals surface area contributed by atoms with Gasteiger partial charge in [-0.3, -0.25) is 0 Å². The molecule has 2 N–H and O–H groups in total. The van der Waals surface area contributed by atoms with Crippen molar-refractivity contribution in [2.45, 2.75) is 19.3 Å². The molecule has 2 nitrogen and oxygen atoms in total. The van der Waals surface area contributed by atoms with E-state index in [-0.39, 0.29) is 5.41 Å². The third kappa shape index (κ3) is 2.28. The number of halogens is 1. The molecule has 0 bridgehead atoms. The van der Waals surface area contributed by atoms with Crippen LogP contribution in [0.1, 0.15) is 19.4 Å². The minimum Gasteiger partial charge on any atom is -0.496 e. The van der Waals surface area contributed by atoms with Crippen LogP contribution in [-0.4, -0.2) is 13.7 Å². The van der Waals surface area contributed by atoms with Crippen LogP contribution < -0.4 is 10.5 Å². The first-order chi connectivity index (χ1) is 6.51. The summed E-state index contributed by atoms with van der Waals surface area (Å²) in [6.45, 7) is 4.88. The van der Waals surface area contributed by atoms with Crippen LogP contribution in [0.25, 0.3) is 0 Å². The molecule has 1 aromatic carbocycles. The number of rotatable bonds is 3. The second-order valence-corrected chi connectivity index (χ2v) is 4.79. The van der Waals surface area contributed by atoms with Gasteiger partial charge in [0.25, 0.3) is 0 Å². The average Bonchev–Trinajstić information content (AvgIpc) is 2.17. The SMILES string of the molecule is COc1ccc(C(C)(C)CN)cc1Br. The van der Waals surface area contributed by atoms with E-state index in [1.165, 1.54) is 5.56 Å². The largest absolute Gasteiger partial charge is 0.496 e. The summed E-state index contributed by atoms with van der Waals surface area (Å²) >= 11 is 3.46. The predicted molar refractivity (Wildman–Crippen MR) is 62.8 cm³/mol. The van der Waals surface area contributed by atoms with Crippen molar-refractivity contribution >= 4 is 15.9 Å². The molecule has 0 unspecified atom stereocenters. The molecular formula is C11H16BrNO. The Morgan fingerprint density at radius 1 is 1.43 bits per heavy atom. The van der Waals surface area contributed by atoms with Gasteiger partial charge in [0.15, 0.2) is 0 Å². The van der Waals surface area contributed by atoms with Crippen LogP contribution in [0.15, 0.2) is 22.7 Å². The lowest BCUT2D eigenvalue weighted by Crippen LogP contribution is -2.27. The first-order valence-electron chi connectivity index (χ1n) is 4.55. The van der Waals surface area contributed by atoms with Gasteiger partial charge in [0.05, 0.1) is 11.6 Å². The molecule has 0 spiro atoms. The highest BCUT2D eigenvalue weighted by molar-refractivity contribution is 9.10. The molecule has 14 heavy (non-hydrogen) atoms.